The van der Waals surface area contributed by atoms with Crippen molar-refractivity contribution in [3.63, 3.8) is 0 Å². The molecule has 2 unspecified atom stereocenters. The fourth-order valence-electron chi connectivity index (χ4n) is 1.30. The predicted molar refractivity (Wildman–Crippen MR) is 57.4 cm³/mol. The standard InChI is InChI=1S/C12H13O4/c1-7(11(13)14)9-4-3-5-10(6-9)8(2)12(15)16/h3-4,6-8H,1-2H3,(H,13,14)(H,15,16). The molecule has 2 N–H and O–H groups in total. The minimum absolute atomic E-state index is 0.498. The van der Waals surface area contributed by atoms with Crippen molar-refractivity contribution in [2.45, 2.75) is 25.7 Å². The van der Waals surface area contributed by atoms with Crippen LogP contribution in [0.3, 0.4) is 0 Å². The van der Waals surface area contributed by atoms with Crippen molar-refractivity contribution in [2.75, 3.05) is 0 Å². The van der Waals surface area contributed by atoms with E-state index in [2.05, 4.69) is 6.07 Å². The van der Waals surface area contributed by atoms with Crippen LogP contribution in [0.1, 0.15) is 36.8 Å². The first-order valence-corrected chi connectivity index (χ1v) is 4.90. The van der Waals surface area contributed by atoms with Gasteiger partial charge < -0.3 is 10.2 Å². The molecule has 1 radical (unpaired) electrons. The summed E-state index contributed by atoms with van der Waals surface area (Å²) in [4.78, 5) is 21.6. The number of carboxylic acids is 2. The maximum atomic E-state index is 10.8. The zero-order chi connectivity index (χ0) is 12.3. The number of rotatable bonds is 4. The van der Waals surface area contributed by atoms with Gasteiger partial charge in [0, 0.05) is 0 Å². The Morgan fingerprint density at radius 1 is 1.19 bits per heavy atom. The molecule has 85 valence electrons. The summed E-state index contributed by atoms with van der Waals surface area (Å²) in [6, 6.07) is 7.59. The fraction of sp³-hybridized carbons (Fsp3) is 0.333. The first-order chi connectivity index (χ1) is 7.43. The first kappa shape index (κ1) is 12.2. The molecule has 0 spiro atoms. The Morgan fingerprint density at radius 3 is 2.25 bits per heavy atom. The van der Waals surface area contributed by atoms with Crippen molar-refractivity contribution < 1.29 is 19.8 Å². The van der Waals surface area contributed by atoms with Gasteiger partial charge in [0.1, 0.15) is 0 Å². The van der Waals surface area contributed by atoms with E-state index in [0.29, 0.717) is 11.1 Å². The van der Waals surface area contributed by atoms with Crippen molar-refractivity contribution >= 4 is 11.9 Å². The Morgan fingerprint density at radius 2 is 1.75 bits per heavy atom. The summed E-state index contributed by atoms with van der Waals surface area (Å²) in [7, 11) is 0. The quantitative estimate of drug-likeness (QED) is 0.813. The van der Waals surface area contributed by atoms with Crippen molar-refractivity contribution in [3.05, 3.63) is 35.4 Å². The van der Waals surface area contributed by atoms with Crippen LogP contribution in [-0.2, 0) is 9.59 Å². The van der Waals surface area contributed by atoms with Crippen LogP contribution in [-0.4, -0.2) is 22.2 Å². The van der Waals surface area contributed by atoms with Gasteiger partial charge >= 0.3 is 11.9 Å². The molecule has 0 heterocycles. The van der Waals surface area contributed by atoms with Crippen molar-refractivity contribution in [1.29, 1.82) is 0 Å². The summed E-state index contributed by atoms with van der Waals surface area (Å²) in [6.45, 7) is 3.11. The number of hydrogen-bond acceptors (Lipinski definition) is 2. The molecular weight excluding hydrogens is 208 g/mol. The second-order valence-electron chi connectivity index (χ2n) is 3.70. The van der Waals surface area contributed by atoms with Gasteiger partial charge in [0.15, 0.2) is 0 Å². The molecule has 0 saturated carbocycles. The number of carbonyl (C=O) groups is 2. The molecular formula is C12H13O4. The Balaban J connectivity index is 3.04. The second kappa shape index (κ2) is 4.79. The number of aliphatic carboxylic acids is 2. The summed E-state index contributed by atoms with van der Waals surface area (Å²) in [5.74, 6) is -3.20. The summed E-state index contributed by atoms with van der Waals surface area (Å²) in [5.41, 5.74) is 1.09. The zero-order valence-corrected chi connectivity index (χ0v) is 9.10. The van der Waals surface area contributed by atoms with Gasteiger partial charge in [0.25, 0.3) is 0 Å². The Kier molecular flexibility index (Phi) is 3.66. The van der Waals surface area contributed by atoms with Crippen LogP contribution in [0.4, 0.5) is 0 Å². The van der Waals surface area contributed by atoms with E-state index < -0.39 is 23.8 Å². The summed E-state index contributed by atoms with van der Waals surface area (Å²) < 4.78 is 0. The van der Waals surface area contributed by atoms with Crippen LogP contribution in [0, 0.1) is 6.07 Å². The van der Waals surface area contributed by atoms with E-state index >= 15 is 0 Å². The normalized spacial score (nSPS) is 14.1. The molecule has 2 atom stereocenters. The van der Waals surface area contributed by atoms with E-state index in [1.54, 1.807) is 32.0 Å². The van der Waals surface area contributed by atoms with Gasteiger partial charge in [-0.15, -0.1) is 0 Å². The summed E-state index contributed by atoms with van der Waals surface area (Å²) in [5, 5.41) is 17.7. The molecule has 0 aliphatic heterocycles. The van der Waals surface area contributed by atoms with Gasteiger partial charge in [-0.2, -0.15) is 0 Å². The lowest BCUT2D eigenvalue weighted by Crippen LogP contribution is -2.11. The average Bonchev–Trinajstić information content (AvgIpc) is 2.26. The fourth-order valence-corrected chi connectivity index (χ4v) is 1.30. The minimum atomic E-state index is -0.948. The van der Waals surface area contributed by atoms with Crippen LogP contribution >= 0.6 is 0 Å². The second-order valence-corrected chi connectivity index (χ2v) is 3.70. The van der Waals surface area contributed by atoms with Crippen LogP contribution in [0.2, 0.25) is 0 Å². The molecule has 16 heavy (non-hydrogen) atoms. The first-order valence-electron chi connectivity index (χ1n) is 4.90. The maximum Gasteiger partial charge on any atom is 0.310 e. The van der Waals surface area contributed by atoms with E-state index in [1.165, 1.54) is 0 Å². The zero-order valence-electron chi connectivity index (χ0n) is 9.10. The SMILES string of the molecule is CC(C(=O)O)c1[c]ccc(C(C)C(=O)O)c1. The highest BCUT2D eigenvalue weighted by molar-refractivity contribution is 5.77. The van der Waals surface area contributed by atoms with Gasteiger partial charge in [-0.25, -0.2) is 0 Å². The number of hydrogen-bond donors (Lipinski definition) is 2. The average molecular weight is 221 g/mol. The van der Waals surface area contributed by atoms with Gasteiger partial charge in [0.05, 0.1) is 11.8 Å². The van der Waals surface area contributed by atoms with Gasteiger partial charge in [0.2, 0.25) is 0 Å². The predicted octanol–water partition coefficient (Wildman–Crippen LogP) is 1.86. The molecule has 0 aliphatic carbocycles. The lowest BCUT2D eigenvalue weighted by Gasteiger charge is -2.10. The van der Waals surface area contributed by atoms with E-state index in [4.69, 9.17) is 10.2 Å². The third-order valence-electron chi connectivity index (χ3n) is 2.56. The smallest absolute Gasteiger partial charge is 0.310 e. The highest BCUT2D eigenvalue weighted by Crippen LogP contribution is 2.21. The largest absolute Gasteiger partial charge is 0.481 e. The maximum absolute atomic E-state index is 10.8. The Bertz CT molecular complexity index is 376. The van der Waals surface area contributed by atoms with Crippen molar-refractivity contribution in [1.82, 2.24) is 0 Å². The molecule has 0 bridgehead atoms. The highest BCUT2D eigenvalue weighted by Gasteiger charge is 2.18. The van der Waals surface area contributed by atoms with Crippen molar-refractivity contribution in [2.24, 2.45) is 0 Å². The third-order valence-corrected chi connectivity index (χ3v) is 2.56. The molecule has 1 aromatic rings. The molecule has 0 aliphatic rings. The van der Waals surface area contributed by atoms with Gasteiger partial charge in [-0.1, -0.05) is 18.2 Å². The highest BCUT2D eigenvalue weighted by atomic mass is 16.4. The molecule has 0 amide bonds. The van der Waals surface area contributed by atoms with Gasteiger partial charge in [-0.05, 0) is 31.0 Å². The van der Waals surface area contributed by atoms with E-state index in [9.17, 15) is 9.59 Å². The number of benzene rings is 1. The van der Waals surface area contributed by atoms with Crippen LogP contribution in [0.15, 0.2) is 18.2 Å². The monoisotopic (exact) mass is 221 g/mol. The Labute approximate surface area is 93.5 Å². The van der Waals surface area contributed by atoms with Gasteiger partial charge in [-0.3, -0.25) is 9.59 Å². The molecule has 0 saturated heterocycles. The summed E-state index contributed by atoms with van der Waals surface area (Å²) >= 11 is 0. The summed E-state index contributed by atoms with van der Waals surface area (Å²) in [6.07, 6.45) is 0. The molecule has 1 rings (SSSR count). The minimum Gasteiger partial charge on any atom is -0.481 e. The van der Waals surface area contributed by atoms with E-state index in [1.807, 2.05) is 0 Å². The molecule has 4 nitrogen and oxygen atoms in total. The van der Waals surface area contributed by atoms with Crippen LogP contribution < -0.4 is 0 Å². The molecule has 4 heteroatoms. The van der Waals surface area contributed by atoms with Crippen molar-refractivity contribution in [3.8, 4) is 0 Å². The Hall–Kier alpha value is -1.84. The lowest BCUT2D eigenvalue weighted by atomic mass is 9.94. The number of carboxylic acid groups (broad SMARTS) is 2. The molecule has 1 aromatic carbocycles. The van der Waals surface area contributed by atoms with E-state index in [-0.39, 0.29) is 0 Å². The topological polar surface area (TPSA) is 74.6 Å². The van der Waals surface area contributed by atoms with Crippen LogP contribution in [0.25, 0.3) is 0 Å². The lowest BCUT2D eigenvalue weighted by molar-refractivity contribution is -0.139. The molecule has 0 fully saturated rings. The van der Waals surface area contributed by atoms with Crippen LogP contribution in [0.5, 0.6) is 0 Å². The third kappa shape index (κ3) is 2.59. The molecule has 0 aromatic heterocycles. The van der Waals surface area contributed by atoms with E-state index in [0.717, 1.165) is 0 Å².